The van der Waals surface area contributed by atoms with Crippen molar-refractivity contribution in [3.05, 3.63) is 0 Å². The molecule has 24 heavy (non-hydrogen) atoms. The van der Waals surface area contributed by atoms with Crippen molar-refractivity contribution in [3.63, 3.8) is 0 Å². The fourth-order valence-corrected chi connectivity index (χ4v) is 2.66. The first-order valence-corrected chi connectivity index (χ1v) is 11.4. The smallest absolute Gasteiger partial charge is 0.00489 e. The van der Waals surface area contributed by atoms with Crippen molar-refractivity contribution in [1.82, 2.24) is 10.6 Å². The van der Waals surface area contributed by atoms with E-state index in [1.54, 1.807) is 0 Å². The molecule has 1 aliphatic rings. The number of hydrogen-bond acceptors (Lipinski definition) is 2. The van der Waals surface area contributed by atoms with Gasteiger partial charge in [-0.2, -0.15) is 0 Å². The lowest BCUT2D eigenvalue weighted by Crippen LogP contribution is -2.17. The van der Waals surface area contributed by atoms with Crippen molar-refractivity contribution >= 4 is 0 Å². The first kappa shape index (κ1) is 28.7. The van der Waals surface area contributed by atoms with Crippen molar-refractivity contribution in [1.29, 1.82) is 0 Å². The highest BCUT2D eigenvalue weighted by Gasteiger charge is 1.95. The average molecular weight is 345 g/mol. The zero-order chi connectivity index (χ0) is 18.7. The van der Waals surface area contributed by atoms with Crippen LogP contribution in [0.25, 0.3) is 0 Å². The lowest BCUT2D eigenvalue weighted by molar-refractivity contribution is 0.515. The highest BCUT2D eigenvalue weighted by Crippen LogP contribution is 2.06. The van der Waals surface area contributed by atoms with Gasteiger partial charge in [-0.1, -0.05) is 92.9 Å². The zero-order valence-corrected chi connectivity index (χ0v) is 18.3. The van der Waals surface area contributed by atoms with Gasteiger partial charge in [0.1, 0.15) is 0 Å². The van der Waals surface area contributed by atoms with E-state index in [4.69, 9.17) is 0 Å². The Hall–Kier alpha value is -0.0800. The largest absolute Gasteiger partial charge is 0.317 e. The minimum atomic E-state index is 1.24. The van der Waals surface area contributed by atoms with Gasteiger partial charge in [-0.3, -0.25) is 0 Å². The molecule has 0 aromatic carbocycles. The van der Waals surface area contributed by atoms with Gasteiger partial charge in [0.2, 0.25) is 0 Å². The maximum Gasteiger partial charge on any atom is -0.00489 e. The average Bonchev–Trinajstić information content (AvgIpc) is 2.67. The fraction of sp³-hybridized carbons (Fsp3) is 1.00. The van der Waals surface area contributed by atoms with Crippen LogP contribution in [0.3, 0.4) is 0 Å². The minimum Gasteiger partial charge on any atom is -0.317 e. The van der Waals surface area contributed by atoms with Crippen LogP contribution in [0.2, 0.25) is 0 Å². The Labute approximate surface area is 156 Å². The normalized spacial score (nSPS) is 18.8. The summed E-state index contributed by atoms with van der Waals surface area (Å²) in [6, 6.07) is 0. The third kappa shape index (κ3) is 29.9. The molecule has 1 saturated heterocycles. The number of nitrogens with one attached hydrogen (secondary N) is 2. The Morgan fingerprint density at radius 1 is 0.292 bits per heavy atom. The van der Waals surface area contributed by atoms with Crippen molar-refractivity contribution in [2.24, 2.45) is 0 Å². The van der Waals surface area contributed by atoms with Crippen molar-refractivity contribution in [2.45, 2.75) is 119 Å². The van der Waals surface area contributed by atoms with E-state index in [-0.39, 0.29) is 0 Å². The molecular formula is C22H52N2. The van der Waals surface area contributed by atoms with Crippen LogP contribution in [0.1, 0.15) is 119 Å². The van der Waals surface area contributed by atoms with Crippen LogP contribution in [-0.4, -0.2) is 26.2 Å². The van der Waals surface area contributed by atoms with Gasteiger partial charge in [-0.05, 0) is 51.9 Å². The summed E-state index contributed by atoms with van der Waals surface area (Å²) in [6.07, 6.45) is 16.9. The third-order valence-corrected chi connectivity index (χ3v) is 3.91. The van der Waals surface area contributed by atoms with E-state index in [1.807, 2.05) is 41.5 Å². The van der Waals surface area contributed by atoms with Crippen LogP contribution >= 0.6 is 0 Å². The quantitative estimate of drug-likeness (QED) is 0.497. The van der Waals surface area contributed by atoms with Gasteiger partial charge < -0.3 is 10.6 Å². The predicted molar refractivity (Wildman–Crippen MR) is 115 cm³/mol. The van der Waals surface area contributed by atoms with E-state index in [2.05, 4.69) is 10.6 Å². The summed E-state index contributed by atoms with van der Waals surface area (Å²) < 4.78 is 0. The highest BCUT2D eigenvalue weighted by molar-refractivity contribution is 4.54. The monoisotopic (exact) mass is 344 g/mol. The summed E-state index contributed by atoms with van der Waals surface area (Å²) in [6.45, 7) is 17.0. The Morgan fingerprint density at radius 2 is 0.458 bits per heavy atom. The molecule has 0 aromatic rings. The van der Waals surface area contributed by atoms with Gasteiger partial charge in [-0.15, -0.1) is 0 Å². The topological polar surface area (TPSA) is 24.1 Å². The van der Waals surface area contributed by atoms with Gasteiger partial charge in [-0.25, -0.2) is 0 Å². The lowest BCUT2D eigenvalue weighted by atomic mass is 10.1. The van der Waals surface area contributed by atoms with Crippen LogP contribution < -0.4 is 10.6 Å². The lowest BCUT2D eigenvalue weighted by Gasteiger charge is -2.07. The first-order valence-electron chi connectivity index (χ1n) is 11.4. The standard InChI is InChI=1S/C16H34N2.3C2H6/c1-2-6-10-14-18-16-12-8-4-3-7-11-15-17-13-9-5-1;3*1-2/h17-18H,1-16H2;3*1-2H3. The van der Waals surface area contributed by atoms with E-state index in [1.165, 1.54) is 103 Å². The molecule has 0 aromatic heterocycles. The maximum absolute atomic E-state index is 3.58. The van der Waals surface area contributed by atoms with E-state index in [0.29, 0.717) is 0 Å². The molecule has 0 bridgehead atoms. The van der Waals surface area contributed by atoms with Gasteiger partial charge in [0.05, 0.1) is 0 Å². The molecule has 0 unspecified atom stereocenters. The van der Waals surface area contributed by atoms with Crippen molar-refractivity contribution in [2.75, 3.05) is 26.2 Å². The third-order valence-electron chi connectivity index (χ3n) is 3.91. The summed E-state index contributed by atoms with van der Waals surface area (Å²) in [7, 11) is 0. The molecule has 2 heteroatoms. The number of rotatable bonds is 0. The zero-order valence-electron chi connectivity index (χ0n) is 18.3. The number of hydrogen-bond donors (Lipinski definition) is 2. The van der Waals surface area contributed by atoms with E-state index >= 15 is 0 Å². The van der Waals surface area contributed by atoms with Crippen LogP contribution in [0.5, 0.6) is 0 Å². The van der Waals surface area contributed by atoms with Gasteiger partial charge in [0.25, 0.3) is 0 Å². The summed E-state index contributed by atoms with van der Waals surface area (Å²) in [5, 5.41) is 7.16. The predicted octanol–water partition coefficient (Wildman–Crippen LogP) is 6.94. The van der Waals surface area contributed by atoms with E-state index < -0.39 is 0 Å². The molecule has 0 spiro atoms. The Bertz CT molecular complexity index is 85.0. The molecule has 0 saturated carbocycles. The summed E-state index contributed by atoms with van der Waals surface area (Å²) >= 11 is 0. The molecule has 1 aliphatic heterocycles. The molecule has 2 N–H and O–H groups in total. The molecule has 0 aliphatic carbocycles. The molecule has 150 valence electrons. The summed E-state index contributed by atoms with van der Waals surface area (Å²) in [4.78, 5) is 0. The van der Waals surface area contributed by atoms with Gasteiger partial charge in [0.15, 0.2) is 0 Å². The Balaban J connectivity index is -0.000000659. The first-order chi connectivity index (χ1) is 12.0. The molecular weight excluding hydrogens is 292 g/mol. The van der Waals surface area contributed by atoms with Crippen molar-refractivity contribution in [3.8, 4) is 0 Å². The summed E-state index contributed by atoms with van der Waals surface area (Å²) in [5.41, 5.74) is 0. The second-order valence-corrected chi connectivity index (χ2v) is 5.74. The second-order valence-electron chi connectivity index (χ2n) is 5.74. The van der Waals surface area contributed by atoms with Gasteiger partial charge in [0, 0.05) is 0 Å². The molecule has 0 atom stereocenters. The van der Waals surface area contributed by atoms with Crippen LogP contribution in [0, 0.1) is 0 Å². The Morgan fingerprint density at radius 3 is 0.667 bits per heavy atom. The van der Waals surface area contributed by atoms with Crippen molar-refractivity contribution < 1.29 is 0 Å². The SMILES string of the molecule is C1CCCCNCCCCCCCCNCCC1.CC.CC.CC. The van der Waals surface area contributed by atoms with Gasteiger partial charge >= 0.3 is 0 Å². The minimum absolute atomic E-state index is 1.24. The molecule has 1 heterocycles. The van der Waals surface area contributed by atoms with E-state index in [9.17, 15) is 0 Å². The Kier molecular flexibility index (Phi) is 41.0. The van der Waals surface area contributed by atoms with Crippen LogP contribution in [-0.2, 0) is 0 Å². The molecule has 1 fully saturated rings. The fourth-order valence-electron chi connectivity index (χ4n) is 2.66. The van der Waals surface area contributed by atoms with Crippen LogP contribution in [0.15, 0.2) is 0 Å². The highest BCUT2D eigenvalue weighted by atomic mass is 14.8. The molecule has 0 radical (unpaired) electrons. The molecule has 2 nitrogen and oxygen atoms in total. The maximum atomic E-state index is 3.58. The molecule has 0 amide bonds. The second kappa shape index (κ2) is 34.3. The van der Waals surface area contributed by atoms with E-state index in [0.717, 1.165) is 0 Å². The summed E-state index contributed by atoms with van der Waals surface area (Å²) in [5.74, 6) is 0. The van der Waals surface area contributed by atoms with Crippen LogP contribution in [0.4, 0.5) is 0 Å². The molecule has 1 rings (SSSR count).